The Kier molecular flexibility index (Phi) is 4.56. The van der Waals surface area contributed by atoms with E-state index >= 15 is 0 Å². The summed E-state index contributed by atoms with van der Waals surface area (Å²) in [5, 5.41) is 3.22. The van der Waals surface area contributed by atoms with Crippen LogP contribution in [0.4, 0.5) is 0 Å². The van der Waals surface area contributed by atoms with Gasteiger partial charge < -0.3 is 11.1 Å². The maximum Gasteiger partial charge on any atom is 0.220 e. The van der Waals surface area contributed by atoms with Gasteiger partial charge in [0.15, 0.2) is 0 Å². The summed E-state index contributed by atoms with van der Waals surface area (Å²) in [6, 6.07) is 10.9. The molecule has 0 saturated carbocycles. The van der Waals surface area contributed by atoms with Crippen LogP contribution < -0.4 is 11.1 Å². The van der Waals surface area contributed by atoms with Crippen LogP contribution in [0.2, 0.25) is 0 Å². The second-order valence-electron chi connectivity index (χ2n) is 6.26. The van der Waals surface area contributed by atoms with Gasteiger partial charge in [0, 0.05) is 31.1 Å². The molecule has 2 saturated heterocycles. The van der Waals surface area contributed by atoms with E-state index in [1.54, 1.807) is 0 Å². The minimum absolute atomic E-state index is 0.0523. The average Bonchev–Trinajstić information content (AvgIpc) is 3.11. The van der Waals surface area contributed by atoms with Crippen LogP contribution in [0.1, 0.15) is 43.7 Å². The lowest BCUT2D eigenvalue weighted by Crippen LogP contribution is -2.42. The van der Waals surface area contributed by atoms with Crippen molar-refractivity contribution >= 4 is 5.91 Å². The van der Waals surface area contributed by atoms with Crippen molar-refractivity contribution in [3.05, 3.63) is 35.9 Å². The Balaban J connectivity index is 1.44. The highest BCUT2D eigenvalue weighted by Gasteiger charge is 2.37. The van der Waals surface area contributed by atoms with Gasteiger partial charge in [-0.25, -0.2) is 0 Å². The lowest BCUT2D eigenvalue weighted by Gasteiger charge is -2.21. The predicted octanol–water partition coefficient (Wildman–Crippen LogP) is 1.82. The van der Waals surface area contributed by atoms with E-state index in [1.807, 2.05) is 30.3 Å². The first-order chi connectivity index (χ1) is 10.2. The molecule has 4 heteroatoms. The number of fused-ring (bicyclic) bond motifs is 1. The number of amides is 1. The average molecular weight is 287 g/mol. The molecule has 1 aromatic rings. The molecule has 2 heterocycles. The van der Waals surface area contributed by atoms with Crippen LogP contribution in [-0.4, -0.2) is 36.0 Å². The van der Waals surface area contributed by atoms with E-state index in [2.05, 4.69) is 10.2 Å². The summed E-state index contributed by atoms with van der Waals surface area (Å²) in [6.07, 6.45) is 4.82. The van der Waals surface area contributed by atoms with E-state index in [9.17, 15) is 4.79 Å². The van der Waals surface area contributed by atoms with E-state index < -0.39 is 0 Å². The molecule has 0 radical (unpaired) electrons. The van der Waals surface area contributed by atoms with Crippen molar-refractivity contribution in [2.24, 2.45) is 5.73 Å². The van der Waals surface area contributed by atoms with E-state index in [0.29, 0.717) is 24.9 Å². The SMILES string of the molecule is NC(CCC(=O)NC1CCN2CCCC12)c1ccccc1. The number of carbonyl (C=O) groups is 1. The molecule has 3 unspecified atom stereocenters. The zero-order valence-electron chi connectivity index (χ0n) is 12.5. The molecule has 3 rings (SSSR count). The van der Waals surface area contributed by atoms with Crippen molar-refractivity contribution in [3.63, 3.8) is 0 Å². The van der Waals surface area contributed by atoms with Crippen molar-refractivity contribution in [3.8, 4) is 0 Å². The van der Waals surface area contributed by atoms with Crippen LogP contribution in [-0.2, 0) is 4.79 Å². The molecule has 0 bridgehead atoms. The molecule has 2 fully saturated rings. The number of hydrogen-bond acceptors (Lipinski definition) is 3. The molecule has 1 aromatic carbocycles. The van der Waals surface area contributed by atoms with Crippen molar-refractivity contribution in [2.45, 2.75) is 50.2 Å². The van der Waals surface area contributed by atoms with Gasteiger partial charge in [0.2, 0.25) is 5.91 Å². The Hall–Kier alpha value is -1.39. The standard InChI is InChI=1S/C17H25N3O/c18-14(13-5-2-1-3-6-13)8-9-17(21)19-15-10-12-20-11-4-7-16(15)20/h1-3,5-6,14-16H,4,7-12,18H2,(H,19,21). The highest BCUT2D eigenvalue weighted by Crippen LogP contribution is 2.28. The van der Waals surface area contributed by atoms with Crippen LogP contribution in [0.5, 0.6) is 0 Å². The molecule has 0 spiro atoms. The van der Waals surface area contributed by atoms with Crippen LogP contribution in [0, 0.1) is 0 Å². The van der Waals surface area contributed by atoms with Gasteiger partial charge in [-0.05, 0) is 37.8 Å². The first-order valence-electron chi connectivity index (χ1n) is 8.08. The first kappa shape index (κ1) is 14.5. The maximum atomic E-state index is 12.1. The largest absolute Gasteiger partial charge is 0.352 e. The molecule has 1 amide bonds. The van der Waals surface area contributed by atoms with Crippen molar-refractivity contribution in [2.75, 3.05) is 13.1 Å². The first-order valence-corrected chi connectivity index (χ1v) is 8.08. The molecule has 3 N–H and O–H groups in total. The number of rotatable bonds is 5. The molecule has 0 aromatic heterocycles. The van der Waals surface area contributed by atoms with Gasteiger partial charge in [0.1, 0.15) is 0 Å². The lowest BCUT2D eigenvalue weighted by atomic mass is 10.0. The van der Waals surface area contributed by atoms with Crippen LogP contribution in [0.15, 0.2) is 30.3 Å². The molecular formula is C17H25N3O. The summed E-state index contributed by atoms with van der Waals surface area (Å²) in [5.41, 5.74) is 7.25. The Morgan fingerprint density at radius 1 is 1.29 bits per heavy atom. The summed E-state index contributed by atoms with van der Waals surface area (Å²) in [7, 11) is 0. The third kappa shape index (κ3) is 3.44. The minimum atomic E-state index is -0.0523. The summed E-state index contributed by atoms with van der Waals surface area (Å²) in [4.78, 5) is 14.7. The smallest absolute Gasteiger partial charge is 0.220 e. The van der Waals surface area contributed by atoms with Gasteiger partial charge in [0.25, 0.3) is 0 Å². The van der Waals surface area contributed by atoms with E-state index in [1.165, 1.54) is 19.4 Å². The van der Waals surface area contributed by atoms with Crippen LogP contribution in [0.3, 0.4) is 0 Å². The number of nitrogens with one attached hydrogen (secondary N) is 1. The fourth-order valence-electron chi connectivity index (χ4n) is 3.68. The number of nitrogens with two attached hydrogens (primary N) is 1. The molecule has 21 heavy (non-hydrogen) atoms. The Morgan fingerprint density at radius 2 is 2.10 bits per heavy atom. The van der Waals surface area contributed by atoms with Gasteiger partial charge >= 0.3 is 0 Å². The minimum Gasteiger partial charge on any atom is -0.352 e. The maximum absolute atomic E-state index is 12.1. The normalized spacial score (nSPS) is 26.5. The molecule has 2 aliphatic rings. The third-order valence-electron chi connectivity index (χ3n) is 4.86. The number of hydrogen-bond donors (Lipinski definition) is 2. The number of nitrogens with zero attached hydrogens (tertiary/aromatic N) is 1. The zero-order chi connectivity index (χ0) is 14.7. The molecule has 114 valence electrons. The Morgan fingerprint density at radius 3 is 2.90 bits per heavy atom. The second-order valence-corrected chi connectivity index (χ2v) is 6.26. The number of benzene rings is 1. The van der Waals surface area contributed by atoms with E-state index in [4.69, 9.17) is 5.73 Å². The zero-order valence-corrected chi connectivity index (χ0v) is 12.5. The fourth-order valence-corrected chi connectivity index (χ4v) is 3.68. The van der Waals surface area contributed by atoms with Crippen molar-refractivity contribution < 1.29 is 4.79 Å². The highest BCUT2D eigenvalue weighted by molar-refractivity contribution is 5.76. The van der Waals surface area contributed by atoms with E-state index in [-0.39, 0.29) is 11.9 Å². The van der Waals surface area contributed by atoms with Crippen LogP contribution in [0.25, 0.3) is 0 Å². The predicted molar refractivity (Wildman–Crippen MR) is 83.7 cm³/mol. The van der Waals surface area contributed by atoms with Crippen LogP contribution >= 0.6 is 0 Å². The third-order valence-corrected chi connectivity index (χ3v) is 4.86. The topological polar surface area (TPSA) is 58.4 Å². The molecule has 3 atom stereocenters. The monoisotopic (exact) mass is 287 g/mol. The molecule has 4 nitrogen and oxygen atoms in total. The van der Waals surface area contributed by atoms with Crippen molar-refractivity contribution in [1.82, 2.24) is 10.2 Å². The molecular weight excluding hydrogens is 262 g/mol. The highest BCUT2D eigenvalue weighted by atomic mass is 16.1. The second kappa shape index (κ2) is 6.58. The Labute approximate surface area is 126 Å². The van der Waals surface area contributed by atoms with Gasteiger partial charge in [-0.2, -0.15) is 0 Å². The van der Waals surface area contributed by atoms with Gasteiger partial charge in [-0.3, -0.25) is 9.69 Å². The van der Waals surface area contributed by atoms with Gasteiger partial charge in [-0.15, -0.1) is 0 Å². The van der Waals surface area contributed by atoms with E-state index in [0.717, 1.165) is 18.5 Å². The Bertz CT molecular complexity index is 476. The molecule has 2 aliphatic heterocycles. The quantitative estimate of drug-likeness (QED) is 0.868. The lowest BCUT2D eigenvalue weighted by molar-refractivity contribution is -0.122. The summed E-state index contributed by atoms with van der Waals surface area (Å²) >= 11 is 0. The summed E-state index contributed by atoms with van der Waals surface area (Å²) in [6.45, 7) is 2.34. The van der Waals surface area contributed by atoms with Gasteiger partial charge in [-0.1, -0.05) is 30.3 Å². The molecule has 0 aliphatic carbocycles. The summed E-state index contributed by atoms with van der Waals surface area (Å²) in [5.74, 6) is 0.153. The van der Waals surface area contributed by atoms with Gasteiger partial charge in [0.05, 0.1) is 0 Å². The summed E-state index contributed by atoms with van der Waals surface area (Å²) < 4.78 is 0. The van der Waals surface area contributed by atoms with Crippen molar-refractivity contribution in [1.29, 1.82) is 0 Å². The fraction of sp³-hybridized carbons (Fsp3) is 0.588. The number of carbonyl (C=O) groups excluding carboxylic acids is 1.